The van der Waals surface area contributed by atoms with Gasteiger partial charge in [0.1, 0.15) is 6.07 Å². The van der Waals surface area contributed by atoms with E-state index in [-0.39, 0.29) is 5.03 Å². The van der Waals surface area contributed by atoms with Crippen LogP contribution >= 0.6 is 0 Å². The first-order valence-corrected chi connectivity index (χ1v) is 7.34. The lowest BCUT2D eigenvalue weighted by molar-refractivity contribution is 0.600. The topological polar surface area (TPSA) is 94.6 Å². The van der Waals surface area contributed by atoms with Crippen LogP contribution in [-0.2, 0) is 9.84 Å². The van der Waals surface area contributed by atoms with Gasteiger partial charge < -0.3 is 0 Å². The van der Waals surface area contributed by atoms with Crippen molar-refractivity contribution in [1.82, 2.24) is 4.98 Å². The molecular weight excluding hydrogens is 286 g/mol. The third-order valence-corrected chi connectivity index (χ3v) is 4.23. The zero-order valence-electron chi connectivity index (χ0n) is 10.8. The number of hydrogen-bond donors (Lipinski definition) is 0. The van der Waals surface area contributed by atoms with Gasteiger partial charge in [0, 0.05) is 6.20 Å². The summed E-state index contributed by atoms with van der Waals surface area (Å²) in [4.78, 5) is 3.37. The molecule has 0 unspecified atom stereocenters. The SMILES string of the molecule is N#CC(=Cc1ccc(C#N)cc1)S(=O)(=O)c1ccccn1. The molecule has 0 fully saturated rings. The molecule has 1 aromatic heterocycles. The average molecular weight is 295 g/mol. The number of sulfone groups is 1. The van der Waals surface area contributed by atoms with Crippen molar-refractivity contribution in [3.8, 4) is 12.1 Å². The van der Waals surface area contributed by atoms with Gasteiger partial charge in [-0.05, 0) is 35.9 Å². The maximum Gasteiger partial charge on any atom is 0.233 e. The monoisotopic (exact) mass is 295 g/mol. The van der Waals surface area contributed by atoms with Crippen LogP contribution in [0.15, 0.2) is 58.6 Å². The molecule has 0 N–H and O–H groups in total. The molecule has 0 atom stereocenters. The quantitative estimate of drug-likeness (QED) is 0.810. The third-order valence-electron chi connectivity index (χ3n) is 2.65. The van der Waals surface area contributed by atoms with E-state index in [1.165, 1.54) is 24.4 Å². The molecule has 1 aromatic carbocycles. The minimum Gasteiger partial charge on any atom is -0.244 e. The van der Waals surface area contributed by atoms with Gasteiger partial charge in [0.15, 0.2) is 9.93 Å². The summed E-state index contributed by atoms with van der Waals surface area (Å²) in [5.74, 6) is 0. The predicted octanol–water partition coefficient (Wildman–Crippen LogP) is 2.29. The summed E-state index contributed by atoms with van der Waals surface area (Å²) in [7, 11) is -3.94. The second kappa shape index (κ2) is 6.00. The number of nitrogens with zero attached hydrogens (tertiary/aromatic N) is 3. The van der Waals surface area contributed by atoms with Gasteiger partial charge in [-0.2, -0.15) is 10.5 Å². The van der Waals surface area contributed by atoms with Crippen molar-refractivity contribution in [2.24, 2.45) is 0 Å². The van der Waals surface area contributed by atoms with Crippen LogP contribution in [-0.4, -0.2) is 13.4 Å². The number of benzene rings is 1. The van der Waals surface area contributed by atoms with Crippen molar-refractivity contribution in [1.29, 1.82) is 10.5 Å². The predicted molar refractivity (Wildman–Crippen MR) is 76.2 cm³/mol. The largest absolute Gasteiger partial charge is 0.244 e. The van der Waals surface area contributed by atoms with Gasteiger partial charge in [0.25, 0.3) is 0 Å². The lowest BCUT2D eigenvalue weighted by Crippen LogP contribution is -2.05. The van der Waals surface area contributed by atoms with E-state index in [0.29, 0.717) is 11.1 Å². The fourth-order valence-corrected chi connectivity index (χ4v) is 2.69. The molecule has 0 saturated heterocycles. The molecule has 0 aliphatic rings. The molecule has 5 nitrogen and oxygen atoms in total. The standard InChI is InChI=1S/C15H9N3O2S/c16-10-13-6-4-12(5-7-13)9-14(11-17)21(19,20)15-3-1-2-8-18-15/h1-9H. The number of pyridine rings is 1. The average Bonchev–Trinajstić information content (AvgIpc) is 2.53. The Balaban J connectivity index is 2.47. The molecule has 0 aliphatic carbocycles. The molecule has 0 saturated carbocycles. The first-order chi connectivity index (χ1) is 10.1. The van der Waals surface area contributed by atoms with Gasteiger partial charge in [-0.25, -0.2) is 13.4 Å². The van der Waals surface area contributed by atoms with Crippen molar-refractivity contribution in [3.63, 3.8) is 0 Å². The van der Waals surface area contributed by atoms with Crippen molar-refractivity contribution in [2.75, 3.05) is 0 Å². The van der Waals surface area contributed by atoms with E-state index >= 15 is 0 Å². The van der Waals surface area contributed by atoms with Crippen molar-refractivity contribution in [2.45, 2.75) is 5.03 Å². The maximum atomic E-state index is 12.3. The molecular formula is C15H9N3O2S. The Kier molecular flexibility index (Phi) is 4.13. The molecule has 21 heavy (non-hydrogen) atoms. The van der Waals surface area contributed by atoms with Crippen LogP contribution in [0.5, 0.6) is 0 Å². The fourth-order valence-electron chi connectivity index (χ4n) is 1.59. The molecule has 1 heterocycles. The van der Waals surface area contributed by atoms with Crippen LogP contribution in [0.25, 0.3) is 6.08 Å². The van der Waals surface area contributed by atoms with Gasteiger partial charge in [0.2, 0.25) is 9.84 Å². The Bertz CT molecular complexity index is 856. The second-order valence-corrected chi connectivity index (χ2v) is 5.89. The summed E-state index contributed by atoms with van der Waals surface area (Å²) in [6.07, 6.45) is 2.61. The third kappa shape index (κ3) is 3.14. The Morgan fingerprint density at radius 3 is 2.33 bits per heavy atom. The molecule has 0 spiro atoms. The lowest BCUT2D eigenvalue weighted by Gasteiger charge is -2.02. The number of hydrogen-bond acceptors (Lipinski definition) is 5. The molecule has 0 radical (unpaired) electrons. The molecule has 0 aliphatic heterocycles. The fraction of sp³-hybridized carbons (Fsp3) is 0. The highest BCUT2D eigenvalue weighted by Crippen LogP contribution is 2.19. The van der Waals surface area contributed by atoms with Crippen LogP contribution < -0.4 is 0 Å². The first-order valence-electron chi connectivity index (χ1n) is 5.86. The highest BCUT2D eigenvalue weighted by atomic mass is 32.2. The smallest absolute Gasteiger partial charge is 0.233 e. The number of aromatic nitrogens is 1. The van der Waals surface area contributed by atoms with E-state index in [4.69, 9.17) is 10.5 Å². The number of nitriles is 2. The Morgan fingerprint density at radius 1 is 1.10 bits per heavy atom. The lowest BCUT2D eigenvalue weighted by atomic mass is 10.1. The van der Waals surface area contributed by atoms with Crippen molar-refractivity contribution < 1.29 is 8.42 Å². The van der Waals surface area contributed by atoms with Gasteiger partial charge in [-0.3, -0.25) is 0 Å². The summed E-state index contributed by atoms with van der Waals surface area (Å²) < 4.78 is 24.6. The normalized spacial score (nSPS) is 11.4. The molecule has 2 aromatic rings. The van der Waals surface area contributed by atoms with E-state index < -0.39 is 14.7 Å². The van der Waals surface area contributed by atoms with Crippen LogP contribution in [0.3, 0.4) is 0 Å². The Hall–Kier alpha value is -2.96. The van der Waals surface area contributed by atoms with E-state index in [1.54, 1.807) is 36.4 Å². The molecule has 2 rings (SSSR count). The number of allylic oxidation sites excluding steroid dienone is 1. The zero-order chi connectivity index (χ0) is 15.3. The summed E-state index contributed by atoms with van der Waals surface area (Å²) in [6.45, 7) is 0. The van der Waals surface area contributed by atoms with Crippen molar-refractivity contribution in [3.05, 3.63) is 64.7 Å². The van der Waals surface area contributed by atoms with Gasteiger partial charge in [-0.1, -0.05) is 18.2 Å². The summed E-state index contributed by atoms with van der Waals surface area (Å²) in [5.41, 5.74) is 0.975. The molecule has 0 bridgehead atoms. The highest BCUT2D eigenvalue weighted by molar-refractivity contribution is 7.95. The van der Waals surface area contributed by atoms with E-state index in [2.05, 4.69) is 4.98 Å². The van der Waals surface area contributed by atoms with Crippen LogP contribution in [0.1, 0.15) is 11.1 Å². The molecule has 102 valence electrons. The summed E-state index contributed by atoms with van der Waals surface area (Å²) >= 11 is 0. The number of rotatable bonds is 3. The van der Waals surface area contributed by atoms with Crippen LogP contribution in [0.2, 0.25) is 0 Å². The minimum atomic E-state index is -3.94. The van der Waals surface area contributed by atoms with E-state index in [9.17, 15) is 8.42 Å². The summed E-state index contributed by atoms with van der Waals surface area (Å²) in [6, 6.07) is 14.4. The van der Waals surface area contributed by atoms with Crippen molar-refractivity contribution >= 4 is 15.9 Å². The highest BCUT2D eigenvalue weighted by Gasteiger charge is 2.21. The van der Waals surface area contributed by atoms with Crippen LogP contribution in [0.4, 0.5) is 0 Å². The van der Waals surface area contributed by atoms with E-state index in [0.717, 1.165) is 0 Å². The Morgan fingerprint density at radius 2 is 1.81 bits per heavy atom. The van der Waals surface area contributed by atoms with Gasteiger partial charge in [-0.15, -0.1) is 0 Å². The minimum absolute atomic E-state index is 0.175. The maximum absolute atomic E-state index is 12.3. The second-order valence-electron chi connectivity index (χ2n) is 4.03. The zero-order valence-corrected chi connectivity index (χ0v) is 11.6. The first kappa shape index (κ1) is 14.4. The molecule has 6 heteroatoms. The van der Waals surface area contributed by atoms with E-state index in [1.807, 2.05) is 6.07 Å². The summed E-state index contributed by atoms with van der Waals surface area (Å²) in [5, 5.41) is 17.6. The van der Waals surface area contributed by atoms with Gasteiger partial charge in [0.05, 0.1) is 11.6 Å². The Labute approximate surface area is 122 Å². The molecule has 0 amide bonds. The van der Waals surface area contributed by atoms with Crippen LogP contribution in [0, 0.1) is 22.7 Å². The van der Waals surface area contributed by atoms with Gasteiger partial charge >= 0.3 is 0 Å².